The highest BCUT2D eigenvalue weighted by Crippen LogP contribution is 2.37. The lowest BCUT2D eigenvalue weighted by Gasteiger charge is -2.36. The zero-order chi connectivity index (χ0) is 55.7. The van der Waals surface area contributed by atoms with Crippen LogP contribution < -0.4 is 21.1 Å². The number of aryl methyl sites for hydroxylation is 1. The number of unbranched alkanes of at least 4 members (excludes halogenated alkanes) is 4. The Bertz CT molecular complexity index is 3070. The number of amides is 4. The number of benzene rings is 1. The fourth-order valence-electron chi connectivity index (χ4n) is 12.0. The van der Waals surface area contributed by atoms with Gasteiger partial charge in [-0.1, -0.05) is 51.4 Å². The lowest BCUT2D eigenvalue weighted by Crippen LogP contribution is -2.56. The van der Waals surface area contributed by atoms with E-state index in [4.69, 9.17) is 4.98 Å². The van der Waals surface area contributed by atoms with Crippen molar-refractivity contribution in [2.24, 2.45) is 5.92 Å². The molecule has 79 heavy (non-hydrogen) atoms. The minimum atomic E-state index is -0.786. The van der Waals surface area contributed by atoms with Gasteiger partial charge in [0.15, 0.2) is 5.78 Å². The first-order chi connectivity index (χ1) is 38.2. The minimum absolute atomic E-state index is 0.0175. The lowest BCUT2D eigenvalue weighted by atomic mass is 9.83. The van der Waals surface area contributed by atoms with Crippen LogP contribution in [0.3, 0.4) is 0 Å². The van der Waals surface area contributed by atoms with Gasteiger partial charge in [-0.15, -0.1) is 11.3 Å². The molecule has 0 bridgehead atoms. The van der Waals surface area contributed by atoms with E-state index in [1.165, 1.54) is 47.4 Å². The minimum Gasteiger partial charge on any atom is -0.367 e. The number of nitrogens with one attached hydrogen (secondary N) is 2. The van der Waals surface area contributed by atoms with Crippen molar-refractivity contribution in [2.75, 3.05) is 50.0 Å². The van der Waals surface area contributed by atoms with Crippen molar-refractivity contribution < 1.29 is 33.2 Å². The number of aromatic nitrogens is 5. The first-order valence-corrected chi connectivity index (χ1v) is 29.4. The van der Waals surface area contributed by atoms with Gasteiger partial charge < -0.3 is 30.2 Å². The average Bonchev–Trinajstić information content (AvgIpc) is 4.43. The number of anilines is 3. The highest BCUT2D eigenvalue weighted by molar-refractivity contribution is 7.10. The first kappa shape index (κ1) is 56.7. The molecule has 2 unspecified atom stereocenters. The number of likely N-dealkylation sites (tertiary alicyclic amines) is 1. The molecule has 9 rings (SSSR count). The van der Waals surface area contributed by atoms with Gasteiger partial charge in [0.1, 0.15) is 40.1 Å². The van der Waals surface area contributed by atoms with E-state index in [0.717, 1.165) is 95.6 Å². The Morgan fingerprint density at radius 1 is 0.797 bits per heavy atom. The van der Waals surface area contributed by atoms with E-state index in [1.54, 1.807) is 48.1 Å². The van der Waals surface area contributed by atoms with Gasteiger partial charge in [-0.2, -0.15) is 4.98 Å². The summed E-state index contributed by atoms with van der Waals surface area (Å²) < 4.78 is 15.2. The van der Waals surface area contributed by atoms with Crippen molar-refractivity contribution in [1.29, 1.82) is 0 Å². The van der Waals surface area contributed by atoms with E-state index in [-0.39, 0.29) is 70.0 Å². The van der Waals surface area contributed by atoms with Gasteiger partial charge in [0, 0.05) is 81.2 Å². The van der Waals surface area contributed by atoms with E-state index in [2.05, 4.69) is 30.5 Å². The maximum atomic E-state index is 14.5. The molecule has 6 heterocycles. The molecular formula is C59H74FN11O7S. The number of hydrogen-bond donors (Lipinski definition) is 2. The number of nitrogens with zero attached hydrogens (tertiary/aromatic N) is 9. The number of hydrogen-bond acceptors (Lipinski definition) is 14. The summed E-state index contributed by atoms with van der Waals surface area (Å²) in [7, 11) is 1.64. The van der Waals surface area contributed by atoms with Gasteiger partial charge in [-0.05, 0) is 120 Å². The third kappa shape index (κ3) is 13.2. The Morgan fingerprint density at radius 3 is 2.19 bits per heavy atom. The van der Waals surface area contributed by atoms with Crippen LogP contribution in [0.4, 0.5) is 21.8 Å². The fourth-order valence-corrected chi connectivity index (χ4v) is 12.9. The second kappa shape index (κ2) is 25.9. The molecule has 20 heteroatoms. The van der Waals surface area contributed by atoms with Crippen LogP contribution in [0.2, 0.25) is 0 Å². The van der Waals surface area contributed by atoms with Gasteiger partial charge in [0.05, 0.1) is 23.5 Å². The Kier molecular flexibility index (Phi) is 18.6. The molecule has 18 nitrogen and oxygen atoms in total. The third-order valence-electron chi connectivity index (χ3n) is 16.7. The van der Waals surface area contributed by atoms with E-state index in [1.807, 2.05) is 17.0 Å². The van der Waals surface area contributed by atoms with Crippen LogP contribution in [-0.4, -0.2) is 126 Å². The van der Waals surface area contributed by atoms with Crippen LogP contribution in [0.1, 0.15) is 178 Å². The molecule has 0 radical (unpaired) electrons. The highest BCUT2D eigenvalue weighted by atomic mass is 32.1. The largest absolute Gasteiger partial charge is 0.367 e. The van der Waals surface area contributed by atoms with Crippen LogP contribution in [0.5, 0.6) is 0 Å². The number of halogens is 1. The lowest BCUT2D eigenvalue weighted by molar-refractivity contribution is -0.142. The molecule has 4 aromatic heterocycles. The quantitative estimate of drug-likeness (QED) is 0.0519. The van der Waals surface area contributed by atoms with Crippen LogP contribution >= 0.6 is 11.3 Å². The van der Waals surface area contributed by atoms with Crippen molar-refractivity contribution in [1.82, 2.24) is 44.5 Å². The molecular weight excluding hydrogens is 1030 g/mol. The van der Waals surface area contributed by atoms with Crippen LogP contribution in [0.25, 0.3) is 11.0 Å². The molecule has 2 saturated carbocycles. The summed E-state index contributed by atoms with van der Waals surface area (Å²) in [6.07, 6.45) is 18.1. The van der Waals surface area contributed by atoms with Crippen LogP contribution in [0.15, 0.2) is 59.0 Å². The Labute approximate surface area is 465 Å². The van der Waals surface area contributed by atoms with Crippen molar-refractivity contribution in [3.63, 3.8) is 0 Å². The number of piperazine rings is 1. The van der Waals surface area contributed by atoms with Gasteiger partial charge >= 0.3 is 0 Å². The summed E-state index contributed by atoms with van der Waals surface area (Å²) in [6, 6.07) is 7.31. The summed E-state index contributed by atoms with van der Waals surface area (Å²) in [5.41, 5.74) is 2.53. The van der Waals surface area contributed by atoms with Gasteiger partial charge in [-0.25, -0.2) is 19.3 Å². The summed E-state index contributed by atoms with van der Waals surface area (Å²) in [4.78, 5) is 120. The molecule has 2 aliphatic heterocycles. The SMILES string of the molecule is CC(=O)c1c(C)c2cnc(Nc3ccc(N4CCN(C(=O)CCCCCCCC(=O)N(C)C(C)C(=O)NC(C(=O)N5CCC[C@H]5c5nc(C(=O)c6ccc(F)cc6)cs5)C5CCCCC5)CC4)cn3)nc2n(C2CCCC2)c1=O. The summed E-state index contributed by atoms with van der Waals surface area (Å²) in [5, 5.41) is 9.31. The molecule has 2 saturated heterocycles. The maximum absolute atomic E-state index is 14.5. The number of thiazole rings is 1. The van der Waals surface area contributed by atoms with E-state index in [9.17, 15) is 38.0 Å². The van der Waals surface area contributed by atoms with Gasteiger partial charge in [-0.3, -0.25) is 38.1 Å². The van der Waals surface area contributed by atoms with Crippen molar-refractivity contribution in [2.45, 2.75) is 161 Å². The molecule has 3 atom stereocenters. The molecule has 4 fully saturated rings. The smallest absolute Gasteiger partial charge is 0.263 e. The molecule has 1 aromatic carbocycles. The number of carbonyl (C=O) groups excluding carboxylic acids is 6. The van der Waals surface area contributed by atoms with E-state index < -0.39 is 17.9 Å². The van der Waals surface area contributed by atoms with Crippen LogP contribution in [-0.2, 0) is 19.2 Å². The normalized spacial score (nSPS) is 17.9. The molecule has 420 valence electrons. The van der Waals surface area contributed by atoms with Crippen molar-refractivity contribution >= 4 is 75.0 Å². The number of Topliss-reactive ketones (excluding diaryl/α,β-unsaturated/α-hetero) is 1. The number of carbonyl (C=O) groups is 6. The van der Waals surface area contributed by atoms with Gasteiger partial charge in [0.25, 0.3) is 5.56 Å². The number of pyridine rings is 2. The van der Waals surface area contributed by atoms with E-state index >= 15 is 0 Å². The van der Waals surface area contributed by atoms with Crippen molar-refractivity contribution in [3.05, 3.63) is 97.7 Å². The number of fused-ring (bicyclic) bond motifs is 1. The summed E-state index contributed by atoms with van der Waals surface area (Å²) in [6.45, 7) is 7.98. The summed E-state index contributed by atoms with van der Waals surface area (Å²) in [5.74, 6) is -0.707. The average molecular weight is 1100 g/mol. The standard InChI is InChI=1S/C59H74FN11O7S/c1-37-45-35-62-59(66-54(45)71(43-18-13-14-19-43)57(77)51(37)39(3)72)64-48-28-27-44(34-61-48)68-30-32-69(33-31-68)50(74)22-12-7-5-6-11-21-49(73)67(4)38(2)55(76)65-52(40-16-9-8-10-17-40)58(78)70-29-15-20-47(70)56-63-46(36-79-56)53(75)41-23-25-42(60)26-24-41/h23-28,34-36,38,40,43,47,52H,5-22,29-33H2,1-4H3,(H,65,76)(H,61,62,64,66)/t38?,47-,52?/m0/s1. The second-order valence-electron chi connectivity index (χ2n) is 21.9. The molecule has 4 amide bonds. The predicted molar refractivity (Wildman–Crippen MR) is 301 cm³/mol. The second-order valence-corrected chi connectivity index (χ2v) is 22.8. The van der Waals surface area contributed by atoms with Crippen molar-refractivity contribution in [3.8, 4) is 0 Å². The molecule has 4 aliphatic rings. The number of rotatable bonds is 21. The number of likely N-dealkylation sites (N-methyl/N-ethyl adjacent to an activating group) is 1. The summed E-state index contributed by atoms with van der Waals surface area (Å²) >= 11 is 1.33. The zero-order valence-electron chi connectivity index (χ0n) is 46.0. The zero-order valence-corrected chi connectivity index (χ0v) is 46.8. The maximum Gasteiger partial charge on any atom is 0.263 e. The monoisotopic (exact) mass is 1100 g/mol. The Balaban J connectivity index is 0.682. The third-order valence-corrected chi connectivity index (χ3v) is 17.7. The van der Waals surface area contributed by atoms with Gasteiger partial charge in [0.2, 0.25) is 35.4 Å². The Morgan fingerprint density at radius 2 is 1.49 bits per heavy atom. The number of ketones is 2. The highest BCUT2D eigenvalue weighted by Gasteiger charge is 2.41. The topological polar surface area (TPSA) is 213 Å². The first-order valence-electron chi connectivity index (χ1n) is 28.5. The molecule has 2 N–H and O–H groups in total. The molecule has 0 spiro atoms. The Hall–Kier alpha value is -6.96. The van der Waals surface area contributed by atoms with Crippen LogP contribution in [0, 0.1) is 18.7 Å². The molecule has 2 aliphatic carbocycles. The van der Waals surface area contributed by atoms with E-state index in [0.29, 0.717) is 97.3 Å². The predicted octanol–water partition coefficient (Wildman–Crippen LogP) is 9.04. The fraction of sp³-hybridized carbons (Fsp3) is 0.542. The molecule has 5 aromatic rings.